The molecule has 1 atom stereocenters. The molecule has 0 N–H and O–H groups in total. The molecule has 0 spiro atoms. The molecule has 0 bridgehead atoms. The van der Waals surface area contributed by atoms with Crippen LogP contribution in [0.1, 0.15) is 44.9 Å². The molecule has 0 radical (unpaired) electrons. The van der Waals surface area contributed by atoms with Crippen molar-refractivity contribution in [2.24, 2.45) is 4.99 Å². The van der Waals surface area contributed by atoms with Crippen LogP contribution < -0.4 is 29.1 Å². The summed E-state index contributed by atoms with van der Waals surface area (Å²) in [4.78, 5) is 44.1. The second kappa shape index (κ2) is 12.9. The summed E-state index contributed by atoms with van der Waals surface area (Å²) in [6, 6.07) is 8.21. The van der Waals surface area contributed by atoms with Crippen molar-refractivity contribution >= 4 is 74.5 Å². The highest BCUT2D eigenvalue weighted by Gasteiger charge is 2.34. The molecule has 12 heteroatoms. The van der Waals surface area contributed by atoms with Crippen molar-refractivity contribution in [1.29, 1.82) is 0 Å². The first-order chi connectivity index (χ1) is 19.1. The Hall–Kier alpha value is -2.72. The SMILES string of the molecule is CCOC(=O)C1=C(C)N=c2s/c(=C\c3cc(I)cc(I)c3OC(C)=O)c(=O)n2[C@H]1c1ccc(OC)c(OCC)c1. The van der Waals surface area contributed by atoms with E-state index in [9.17, 15) is 14.4 Å². The third-order valence-electron chi connectivity index (χ3n) is 5.89. The van der Waals surface area contributed by atoms with E-state index in [1.807, 2.05) is 19.1 Å². The van der Waals surface area contributed by atoms with Gasteiger partial charge in [-0.1, -0.05) is 17.4 Å². The van der Waals surface area contributed by atoms with Crippen LogP contribution in [0, 0.1) is 7.14 Å². The number of thiazole rings is 1. The molecular weight excluding hydrogens is 762 g/mol. The first kappa shape index (κ1) is 30.2. The van der Waals surface area contributed by atoms with E-state index in [0.29, 0.717) is 50.0 Å². The molecule has 0 unspecified atom stereocenters. The first-order valence-corrected chi connectivity index (χ1v) is 15.2. The Kier molecular flexibility index (Phi) is 9.72. The number of ether oxygens (including phenoxy) is 4. The summed E-state index contributed by atoms with van der Waals surface area (Å²) in [7, 11) is 1.55. The number of methoxy groups -OCH3 is 1. The largest absolute Gasteiger partial charge is 0.493 e. The number of nitrogens with zero attached hydrogens (tertiary/aromatic N) is 2. The molecule has 1 aliphatic rings. The zero-order chi connectivity index (χ0) is 29.1. The van der Waals surface area contributed by atoms with Crippen molar-refractivity contribution < 1.29 is 28.5 Å². The van der Waals surface area contributed by atoms with Crippen LogP contribution in [-0.2, 0) is 14.3 Å². The van der Waals surface area contributed by atoms with Gasteiger partial charge in [-0.15, -0.1) is 0 Å². The number of fused-ring (bicyclic) bond motifs is 1. The molecule has 3 aromatic rings. The minimum atomic E-state index is -0.813. The highest BCUT2D eigenvalue weighted by atomic mass is 127. The molecule has 0 fully saturated rings. The van der Waals surface area contributed by atoms with E-state index >= 15 is 0 Å². The number of carbonyl (C=O) groups excluding carboxylic acids is 2. The predicted molar refractivity (Wildman–Crippen MR) is 168 cm³/mol. The summed E-state index contributed by atoms with van der Waals surface area (Å²) < 4.78 is 25.6. The highest BCUT2D eigenvalue weighted by Crippen LogP contribution is 2.36. The fourth-order valence-electron chi connectivity index (χ4n) is 4.32. The van der Waals surface area contributed by atoms with Gasteiger partial charge in [0.15, 0.2) is 22.0 Å². The maximum atomic E-state index is 14.0. The number of esters is 2. The number of carbonyl (C=O) groups is 2. The van der Waals surface area contributed by atoms with E-state index in [1.54, 1.807) is 45.2 Å². The molecule has 2 aromatic carbocycles. The van der Waals surface area contributed by atoms with Gasteiger partial charge in [-0.3, -0.25) is 14.2 Å². The first-order valence-electron chi connectivity index (χ1n) is 12.3. The fraction of sp³-hybridized carbons (Fsp3) is 0.286. The van der Waals surface area contributed by atoms with Gasteiger partial charge in [0.25, 0.3) is 5.56 Å². The molecule has 40 heavy (non-hydrogen) atoms. The molecule has 2 heterocycles. The standard InChI is InChI=1S/C28H26I2N2O7S/c1-6-37-21-11-16(8-9-20(21)36-5)24-23(27(35)38-7-2)14(3)31-28-32(24)26(34)22(40-28)12-17-10-18(29)13-19(30)25(17)39-15(4)33/h8-13,24H,6-7H2,1-5H3/b22-12-/t24-/m0/s1. The number of rotatable bonds is 8. The second-order valence-electron chi connectivity index (χ2n) is 8.55. The van der Waals surface area contributed by atoms with Crippen LogP contribution in [0.2, 0.25) is 0 Å². The van der Waals surface area contributed by atoms with Gasteiger partial charge in [0.1, 0.15) is 0 Å². The van der Waals surface area contributed by atoms with Crippen LogP contribution in [0.4, 0.5) is 0 Å². The molecule has 1 aliphatic heterocycles. The van der Waals surface area contributed by atoms with Crippen LogP contribution in [0.3, 0.4) is 0 Å². The Balaban J connectivity index is 2.00. The topological polar surface area (TPSA) is 105 Å². The zero-order valence-corrected chi connectivity index (χ0v) is 27.5. The van der Waals surface area contributed by atoms with E-state index in [-0.39, 0.29) is 17.7 Å². The molecular formula is C28H26I2N2O7S. The lowest BCUT2D eigenvalue weighted by molar-refractivity contribution is -0.139. The average molecular weight is 788 g/mol. The predicted octanol–water partition coefficient (Wildman–Crippen LogP) is 4.34. The van der Waals surface area contributed by atoms with Crippen molar-refractivity contribution in [2.75, 3.05) is 20.3 Å². The Morgan fingerprint density at radius 2 is 1.88 bits per heavy atom. The van der Waals surface area contributed by atoms with Crippen molar-refractivity contribution in [1.82, 2.24) is 4.57 Å². The van der Waals surface area contributed by atoms with Crippen molar-refractivity contribution in [3.8, 4) is 17.2 Å². The molecule has 0 saturated carbocycles. The lowest BCUT2D eigenvalue weighted by Crippen LogP contribution is -2.40. The molecule has 0 saturated heterocycles. The minimum absolute atomic E-state index is 0.170. The van der Waals surface area contributed by atoms with Crippen LogP contribution >= 0.6 is 56.5 Å². The van der Waals surface area contributed by atoms with Gasteiger partial charge in [0.05, 0.1) is 45.7 Å². The molecule has 0 amide bonds. The number of aromatic nitrogens is 1. The number of benzene rings is 2. The Labute approximate surface area is 261 Å². The third kappa shape index (κ3) is 6.12. The highest BCUT2D eigenvalue weighted by molar-refractivity contribution is 14.1. The fourth-order valence-corrected chi connectivity index (χ4v) is 7.36. The van der Waals surface area contributed by atoms with E-state index in [4.69, 9.17) is 18.9 Å². The van der Waals surface area contributed by atoms with Gasteiger partial charge >= 0.3 is 11.9 Å². The summed E-state index contributed by atoms with van der Waals surface area (Å²) in [5.41, 5.74) is 1.59. The normalized spacial score (nSPS) is 14.9. The third-order valence-corrected chi connectivity index (χ3v) is 8.30. The molecule has 0 aliphatic carbocycles. The van der Waals surface area contributed by atoms with Gasteiger partial charge in [0, 0.05) is 16.1 Å². The van der Waals surface area contributed by atoms with Crippen molar-refractivity contribution in [3.63, 3.8) is 0 Å². The summed E-state index contributed by atoms with van der Waals surface area (Å²) in [5.74, 6) is 0.371. The van der Waals surface area contributed by atoms with Crippen LogP contribution in [0.25, 0.3) is 6.08 Å². The Morgan fingerprint density at radius 3 is 2.52 bits per heavy atom. The second-order valence-corrected chi connectivity index (χ2v) is 12.0. The van der Waals surface area contributed by atoms with E-state index in [2.05, 4.69) is 50.2 Å². The van der Waals surface area contributed by atoms with Gasteiger partial charge < -0.3 is 18.9 Å². The zero-order valence-electron chi connectivity index (χ0n) is 22.4. The lowest BCUT2D eigenvalue weighted by atomic mass is 9.95. The van der Waals surface area contributed by atoms with Gasteiger partial charge in [0.2, 0.25) is 0 Å². The summed E-state index contributed by atoms with van der Waals surface area (Å²) in [6.07, 6.45) is 1.69. The lowest BCUT2D eigenvalue weighted by Gasteiger charge is -2.25. The molecule has 1 aromatic heterocycles. The van der Waals surface area contributed by atoms with Crippen molar-refractivity contribution in [3.05, 3.63) is 79.6 Å². The van der Waals surface area contributed by atoms with E-state index < -0.39 is 18.0 Å². The summed E-state index contributed by atoms with van der Waals surface area (Å²) >= 11 is 5.46. The number of hydrogen-bond donors (Lipinski definition) is 0. The maximum absolute atomic E-state index is 14.0. The monoisotopic (exact) mass is 788 g/mol. The van der Waals surface area contributed by atoms with Crippen LogP contribution in [0.5, 0.6) is 17.2 Å². The number of halogens is 2. The van der Waals surface area contributed by atoms with E-state index in [0.717, 1.165) is 7.14 Å². The van der Waals surface area contributed by atoms with Gasteiger partial charge in [-0.2, -0.15) is 0 Å². The summed E-state index contributed by atoms with van der Waals surface area (Å²) in [6.45, 7) is 7.22. The molecule has 4 rings (SSSR count). The van der Waals surface area contributed by atoms with Gasteiger partial charge in [-0.25, -0.2) is 9.79 Å². The average Bonchev–Trinajstić information content (AvgIpc) is 3.19. The number of allylic oxidation sites excluding steroid dienone is 1. The Bertz CT molecular complexity index is 1710. The molecule has 210 valence electrons. The Morgan fingerprint density at radius 1 is 1.12 bits per heavy atom. The smallest absolute Gasteiger partial charge is 0.338 e. The summed E-state index contributed by atoms with van der Waals surface area (Å²) in [5, 5.41) is 0. The maximum Gasteiger partial charge on any atom is 0.338 e. The van der Waals surface area contributed by atoms with Crippen molar-refractivity contribution in [2.45, 2.75) is 33.7 Å². The van der Waals surface area contributed by atoms with Gasteiger partial charge in [-0.05, 0) is 102 Å². The van der Waals surface area contributed by atoms with E-state index in [1.165, 1.54) is 22.8 Å². The van der Waals surface area contributed by atoms with Crippen LogP contribution in [-0.4, -0.2) is 36.8 Å². The minimum Gasteiger partial charge on any atom is -0.493 e. The molecule has 9 nitrogen and oxygen atoms in total. The number of hydrogen-bond acceptors (Lipinski definition) is 9. The quantitative estimate of drug-likeness (QED) is 0.190. The van der Waals surface area contributed by atoms with Crippen LogP contribution in [0.15, 0.2) is 51.4 Å².